The van der Waals surface area contributed by atoms with E-state index < -0.39 is 0 Å². The van der Waals surface area contributed by atoms with Crippen molar-refractivity contribution in [3.8, 4) is 11.5 Å². The van der Waals surface area contributed by atoms with Gasteiger partial charge in [0.25, 0.3) is 5.91 Å². The number of carbonyl (C=O) groups is 1. The van der Waals surface area contributed by atoms with Crippen LogP contribution in [-0.4, -0.2) is 28.3 Å². The SMILES string of the molecule is COc1cccc2c1OC(C)C(/C=C1\SC(=S)N(Cc3ccc(C)cc3)C1=O)=C2. The lowest BCUT2D eigenvalue weighted by Gasteiger charge is -2.24. The van der Waals surface area contributed by atoms with Crippen LogP contribution in [0.15, 0.2) is 59.0 Å². The zero-order valence-electron chi connectivity index (χ0n) is 16.5. The fraction of sp³-hybridized carbons (Fsp3) is 0.217. The molecule has 0 N–H and O–H groups in total. The van der Waals surface area contributed by atoms with Gasteiger partial charge in [-0.15, -0.1) is 0 Å². The van der Waals surface area contributed by atoms with Gasteiger partial charge in [-0.05, 0) is 43.2 Å². The van der Waals surface area contributed by atoms with E-state index in [9.17, 15) is 4.79 Å². The molecule has 1 fully saturated rings. The first kappa shape index (κ1) is 19.7. The molecule has 2 aromatic carbocycles. The van der Waals surface area contributed by atoms with Crippen molar-refractivity contribution in [1.82, 2.24) is 4.90 Å². The topological polar surface area (TPSA) is 38.8 Å². The predicted octanol–water partition coefficient (Wildman–Crippen LogP) is 5.11. The Labute approximate surface area is 180 Å². The summed E-state index contributed by atoms with van der Waals surface area (Å²) in [5.74, 6) is 1.37. The monoisotopic (exact) mass is 423 g/mol. The Balaban J connectivity index is 1.59. The van der Waals surface area contributed by atoms with Gasteiger partial charge in [-0.3, -0.25) is 9.69 Å². The Bertz CT molecular complexity index is 1040. The quantitative estimate of drug-likeness (QED) is 0.505. The summed E-state index contributed by atoms with van der Waals surface area (Å²) in [5.41, 5.74) is 4.11. The van der Waals surface area contributed by atoms with Crippen molar-refractivity contribution in [2.24, 2.45) is 0 Å². The Morgan fingerprint density at radius 3 is 2.72 bits per heavy atom. The van der Waals surface area contributed by atoms with Crippen LogP contribution < -0.4 is 9.47 Å². The van der Waals surface area contributed by atoms with Crippen molar-refractivity contribution in [3.05, 3.63) is 75.7 Å². The normalized spacial score (nSPS) is 19.8. The van der Waals surface area contributed by atoms with Crippen molar-refractivity contribution in [2.45, 2.75) is 26.5 Å². The third kappa shape index (κ3) is 3.95. The van der Waals surface area contributed by atoms with Crippen LogP contribution >= 0.6 is 24.0 Å². The standard InChI is InChI=1S/C23H21NO3S2/c1-14-7-9-16(10-8-14)13-24-22(25)20(29-23(24)28)12-18-11-17-5-4-6-19(26-3)21(17)27-15(18)2/h4-12,15H,13H2,1-3H3/b20-12-. The van der Waals surface area contributed by atoms with Gasteiger partial charge in [-0.2, -0.15) is 0 Å². The number of fused-ring (bicyclic) bond motifs is 1. The second-order valence-electron chi connectivity index (χ2n) is 7.04. The Kier molecular flexibility index (Phi) is 5.48. The number of para-hydroxylation sites is 1. The van der Waals surface area contributed by atoms with E-state index in [4.69, 9.17) is 21.7 Å². The second kappa shape index (κ2) is 8.05. The molecule has 2 heterocycles. The Morgan fingerprint density at radius 1 is 1.24 bits per heavy atom. The summed E-state index contributed by atoms with van der Waals surface area (Å²) in [6.45, 7) is 4.49. The van der Waals surface area contributed by atoms with E-state index in [1.54, 1.807) is 12.0 Å². The molecule has 1 saturated heterocycles. The van der Waals surface area contributed by atoms with Gasteiger partial charge in [0.1, 0.15) is 10.4 Å². The number of ether oxygens (including phenoxy) is 2. The molecule has 0 spiro atoms. The van der Waals surface area contributed by atoms with Crippen LogP contribution in [0, 0.1) is 6.92 Å². The number of methoxy groups -OCH3 is 1. The number of aryl methyl sites for hydroxylation is 1. The van der Waals surface area contributed by atoms with Crippen molar-refractivity contribution in [2.75, 3.05) is 7.11 Å². The van der Waals surface area contributed by atoms with Crippen molar-refractivity contribution < 1.29 is 14.3 Å². The number of benzene rings is 2. The number of amides is 1. The van der Waals surface area contributed by atoms with Crippen molar-refractivity contribution in [3.63, 3.8) is 0 Å². The highest BCUT2D eigenvalue weighted by Gasteiger charge is 2.33. The van der Waals surface area contributed by atoms with Gasteiger partial charge in [-0.25, -0.2) is 0 Å². The van der Waals surface area contributed by atoms with Gasteiger partial charge in [0.05, 0.1) is 18.6 Å². The summed E-state index contributed by atoms with van der Waals surface area (Å²) in [6, 6.07) is 13.9. The van der Waals surface area contributed by atoms with Crippen LogP contribution in [0.5, 0.6) is 11.5 Å². The van der Waals surface area contributed by atoms with E-state index >= 15 is 0 Å². The molecule has 2 aliphatic heterocycles. The average molecular weight is 424 g/mol. The summed E-state index contributed by atoms with van der Waals surface area (Å²) in [4.78, 5) is 15.3. The minimum absolute atomic E-state index is 0.0647. The molecule has 1 unspecified atom stereocenters. The van der Waals surface area contributed by atoms with E-state index in [0.717, 1.165) is 22.4 Å². The van der Waals surface area contributed by atoms with Gasteiger partial charge in [0, 0.05) is 5.56 Å². The lowest BCUT2D eigenvalue weighted by atomic mass is 10.0. The predicted molar refractivity (Wildman–Crippen MR) is 121 cm³/mol. The van der Waals surface area contributed by atoms with E-state index in [1.807, 2.05) is 68.5 Å². The molecule has 4 nitrogen and oxygen atoms in total. The third-order valence-corrected chi connectivity index (χ3v) is 6.33. The highest BCUT2D eigenvalue weighted by atomic mass is 32.2. The van der Waals surface area contributed by atoms with Crippen LogP contribution in [0.3, 0.4) is 0 Å². The summed E-state index contributed by atoms with van der Waals surface area (Å²) in [6.07, 6.45) is 3.74. The molecule has 29 heavy (non-hydrogen) atoms. The Hall–Kier alpha value is -2.57. The zero-order valence-corrected chi connectivity index (χ0v) is 18.1. The van der Waals surface area contributed by atoms with Crippen LogP contribution in [0.25, 0.3) is 6.08 Å². The first-order valence-corrected chi connectivity index (χ1v) is 10.5. The molecule has 4 rings (SSSR count). The van der Waals surface area contributed by atoms with Crippen LogP contribution in [0.4, 0.5) is 0 Å². The minimum Gasteiger partial charge on any atom is -0.493 e. The van der Waals surface area contributed by atoms with Gasteiger partial charge in [0.15, 0.2) is 11.5 Å². The minimum atomic E-state index is -0.195. The summed E-state index contributed by atoms with van der Waals surface area (Å²) in [5, 5.41) is 0. The first-order valence-electron chi connectivity index (χ1n) is 9.32. The van der Waals surface area contributed by atoms with Gasteiger partial charge < -0.3 is 9.47 Å². The molecule has 0 aromatic heterocycles. The smallest absolute Gasteiger partial charge is 0.266 e. The molecular formula is C23H21NO3S2. The summed E-state index contributed by atoms with van der Waals surface area (Å²) in [7, 11) is 1.63. The van der Waals surface area contributed by atoms with Crippen LogP contribution in [-0.2, 0) is 11.3 Å². The summed E-state index contributed by atoms with van der Waals surface area (Å²) >= 11 is 6.81. The van der Waals surface area contributed by atoms with E-state index in [0.29, 0.717) is 21.5 Å². The molecule has 1 atom stereocenters. The number of hydrogen-bond donors (Lipinski definition) is 0. The molecule has 148 valence electrons. The fourth-order valence-electron chi connectivity index (χ4n) is 3.30. The van der Waals surface area contributed by atoms with Gasteiger partial charge >= 0.3 is 0 Å². The van der Waals surface area contributed by atoms with Gasteiger partial charge in [0.2, 0.25) is 0 Å². The van der Waals surface area contributed by atoms with Crippen molar-refractivity contribution >= 4 is 40.3 Å². The number of rotatable bonds is 4. The molecular weight excluding hydrogens is 402 g/mol. The number of thiocarbonyl (C=S) groups is 1. The first-order chi connectivity index (χ1) is 14.0. The molecule has 0 radical (unpaired) electrons. The average Bonchev–Trinajstić information content (AvgIpc) is 2.97. The second-order valence-corrected chi connectivity index (χ2v) is 8.71. The highest BCUT2D eigenvalue weighted by Crippen LogP contribution is 2.40. The lowest BCUT2D eigenvalue weighted by Crippen LogP contribution is -2.27. The third-order valence-electron chi connectivity index (χ3n) is 4.95. The van der Waals surface area contributed by atoms with E-state index in [1.165, 1.54) is 17.3 Å². The highest BCUT2D eigenvalue weighted by molar-refractivity contribution is 8.26. The van der Waals surface area contributed by atoms with E-state index in [-0.39, 0.29) is 12.0 Å². The number of nitrogens with zero attached hydrogens (tertiary/aromatic N) is 1. The van der Waals surface area contributed by atoms with Crippen molar-refractivity contribution in [1.29, 1.82) is 0 Å². The number of hydrogen-bond acceptors (Lipinski definition) is 5. The maximum Gasteiger partial charge on any atom is 0.266 e. The zero-order chi connectivity index (χ0) is 20.5. The molecule has 0 saturated carbocycles. The number of carbonyl (C=O) groups excluding carboxylic acids is 1. The number of thioether (sulfide) groups is 1. The molecule has 2 aromatic rings. The largest absolute Gasteiger partial charge is 0.493 e. The van der Waals surface area contributed by atoms with E-state index in [2.05, 4.69) is 0 Å². The lowest BCUT2D eigenvalue weighted by molar-refractivity contribution is -0.122. The fourth-order valence-corrected chi connectivity index (χ4v) is 4.55. The Morgan fingerprint density at radius 2 is 2.00 bits per heavy atom. The van der Waals surface area contributed by atoms with Crippen LogP contribution in [0.1, 0.15) is 23.6 Å². The maximum absolute atomic E-state index is 13.0. The molecule has 0 aliphatic carbocycles. The van der Waals surface area contributed by atoms with Gasteiger partial charge in [-0.1, -0.05) is 65.9 Å². The molecule has 1 amide bonds. The molecule has 0 bridgehead atoms. The summed E-state index contributed by atoms with van der Waals surface area (Å²) < 4.78 is 12.0. The molecule has 2 aliphatic rings. The van der Waals surface area contributed by atoms with Crippen LogP contribution in [0.2, 0.25) is 0 Å². The molecule has 6 heteroatoms. The maximum atomic E-state index is 13.0.